The van der Waals surface area contributed by atoms with Gasteiger partial charge in [-0.2, -0.15) is 4.98 Å². The number of nitrogens with zero attached hydrogens (tertiary/aromatic N) is 4. The van der Waals surface area contributed by atoms with Crippen LogP contribution < -0.4 is 30.9 Å². The third kappa shape index (κ3) is 7.62. The number of methoxy groups -OCH3 is 1. The Morgan fingerprint density at radius 1 is 0.957 bits per heavy atom. The zero-order valence-corrected chi connectivity index (χ0v) is 26.7. The molecule has 0 radical (unpaired) electrons. The number of para-hydroxylation sites is 2. The first-order chi connectivity index (χ1) is 22.3. The number of piperazine rings is 1. The summed E-state index contributed by atoms with van der Waals surface area (Å²) in [5.41, 5.74) is 5.78. The molecule has 2 amide bonds. The van der Waals surface area contributed by atoms with Gasteiger partial charge < -0.3 is 35.8 Å². The van der Waals surface area contributed by atoms with E-state index >= 15 is 0 Å². The number of ether oxygens (including phenoxy) is 1. The monoisotopic (exact) mass is 620 g/mol. The fourth-order valence-electron chi connectivity index (χ4n) is 5.20. The first kappa shape index (κ1) is 32.0. The van der Waals surface area contributed by atoms with Gasteiger partial charge in [0, 0.05) is 55.5 Å². The normalized spacial score (nSPS) is 13.1. The minimum atomic E-state index is -0.410. The van der Waals surface area contributed by atoms with Crippen LogP contribution in [0.1, 0.15) is 28.4 Å². The number of benzene rings is 3. The van der Waals surface area contributed by atoms with Crippen molar-refractivity contribution < 1.29 is 14.3 Å². The molecule has 0 unspecified atom stereocenters. The van der Waals surface area contributed by atoms with Gasteiger partial charge in [-0.05, 0) is 74.0 Å². The topological polar surface area (TPSA) is 124 Å². The second-order valence-corrected chi connectivity index (χ2v) is 11.1. The van der Waals surface area contributed by atoms with E-state index in [4.69, 9.17) is 9.72 Å². The minimum absolute atomic E-state index is 0.207. The lowest BCUT2D eigenvalue weighted by Gasteiger charge is -2.34. The number of carbonyl (C=O) groups excluding carboxylic acids is 2. The van der Waals surface area contributed by atoms with Crippen LogP contribution in [-0.2, 0) is 11.2 Å². The fourth-order valence-corrected chi connectivity index (χ4v) is 5.20. The molecule has 238 valence electrons. The van der Waals surface area contributed by atoms with E-state index in [0.717, 1.165) is 55.1 Å². The van der Waals surface area contributed by atoms with Crippen LogP contribution >= 0.6 is 0 Å². The first-order valence-corrected chi connectivity index (χ1v) is 15.2. The molecule has 5 rings (SSSR count). The van der Waals surface area contributed by atoms with Crippen LogP contribution in [0.4, 0.5) is 40.2 Å². The van der Waals surface area contributed by atoms with Gasteiger partial charge in [0.2, 0.25) is 11.9 Å². The lowest BCUT2D eigenvalue weighted by atomic mass is 10.1. The Balaban J connectivity index is 1.44. The molecule has 0 aliphatic carbocycles. The molecule has 4 N–H and O–H groups in total. The van der Waals surface area contributed by atoms with Crippen molar-refractivity contribution in [2.45, 2.75) is 20.3 Å². The molecule has 1 aliphatic rings. The number of amides is 2. The summed E-state index contributed by atoms with van der Waals surface area (Å²) in [6, 6.07) is 19.1. The number of anilines is 7. The molecule has 3 aromatic carbocycles. The SMILES string of the molecule is C=CC(=O)Nc1ccccc1Nc1nc(Nc2ccc(N3CCN(C)CC3)cc2)ncc1C(=O)Nc1cc(OC)c(CC)cc1C. The van der Waals surface area contributed by atoms with Crippen LogP contribution in [0.25, 0.3) is 0 Å². The number of aryl methyl sites for hydroxylation is 2. The van der Waals surface area contributed by atoms with E-state index in [1.54, 1.807) is 25.3 Å². The summed E-state index contributed by atoms with van der Waals surface area (Å²) in [7, 11) is 3.75. The van der Waals surface area contributed by atoms with E-state index in [1.165, 1.54) is 12.3 Å². The summed E-state index contributed by atoms with van der Waals surface area (Å²) in [5, 5.41) is 12.3. The number of rotatable bonds is 11. The molecule has 4 aromatic rings. The van der Waals surface area contributed by atoms with Crippen LogP contribution in [0.5, 0.6) is 5.75 Å². The molecule has 0 atom stereocenters. The molecule has 11 heteroatoms. The highest BCUT2D eigenvalue weighted by Crippen LogP contribution is 2.31. The summed E-state index contributed by atoms with van der Waals surface area (Å²) in [6.07, 6.45) is 3.47. The first-order valence-electron chi connectivity index (χ1n) is 15.2. The largest absolute Gasteiger partial charge is 0.496 e. The lowest BCUT2D eigenvalue weighted by Crippen LogP contribution is -2.44. The van der Waals surface area contributed by atoms with Crippen molar-refractivity contribution in [3.63, 3.8) is 0 Å². The Hall–Kier alpha value is -5.42. The molecule has 1 aromatic heterocycles. The maximum atomic E-state index is 13.7. The van der Waals surface area contributed by atoms with Crippen LogP contribution in [-0.4, -0.2) is 67.0 Å². The van der Waals surface area contributed by atoms with E-state index in [0.29, 0.717) is 28.8 Å². The standard InChI is InChI=1S/C35H40N8O3/c1-6-24-20-23(3)30(21-31(24)46-5)40-34(45)27-22-36-35(37-25-12-14-26(15-13-25)43-18-16-42(4)17-19-43)41-33(27)39-29-11-9-8-10-28(29)38-32(44)7-2/h7-15,20-22H,2,6,16-19H2,1,3-5H3,(H,38,44)(H,40,45)(H2,36,37,39,41). The molecule has 1 aliphatic heterocycles. The van der Waals surface area contributed by atoms with E-state index < -0.39 is 5.91 Å². The molecule has 11 nitrogen and oxygen atoms in total. The van der Waals surface area contributed by atoms with E-state index in [9.17, 15) is 9.59 Å². The summed E-state index contributed by atoms with van der Waals surface area (Å²) in [5.74, 6) is 0.469. The van der Waals surface area contributed by atoms with Gasteiger partial charge in [-0.3, -0.25) is 9.59 Å². The maximum Gasteiger partial charge on any atom is 0.261 e. The van der Waals surface area contributed by atoms with Crippen LogP contribution in [0.3, 0.4) is 0 Å². The van der Waals surface area contributed by atoms with E-state index in [-0.39, 0.29) is 17.3 Å². The maximum absolute atomic E-state index is 13.7. The fraction of sp³-hybridized carbons (Fsp3) is 0.257. The highest BCUT2D eigenvalue weighted by Gasteiger charge is 2.19. The number of nitrogens with one attached hydrogen (secondary N) is 4. The summed E-state index contributed by atoms with van der Waals surface area (Å²) in [4.78, 5) is 39.7. The number of likely N-dealkylation sites (N-methyl/N-ethyl adjacent to an activating group) is 1. The number of aromatic nitrogens is 2. The third-order valence-corrected chi connectivity index (χ3v) is 7.91. The Kier molecular flexibility index (Phi) is 10.1. The summed E-state index contributed by atoms with van der Waals surface area (Å²) in [6.45, 7) is 11.5. The Labute approximate surface area is 269 Å². The van der Waals surface area contributed by atoms with Crippen molar-refractivity contribution in [3.05, 3.63) is 96.2 Å². The second-order valence-electron chi connectivity index (χ2n) is 11.1. The molecule has 0 bridgehead atoms. The van der Waals surface area contributed by atoms with Crippen molar-refractivity contribution in [2.24, 2.45) is 0 Å². The van der Waals surface area contributed by atoms with Gasteiger partial charge >= 0.3 is 0 Å². The Morgan fingerprint density at radius 2 is 1.67 bits per heavy atom. The summed E-state index contributed by atoms with van der Waals surface area (Å²) >= 11 is 0. The quantitative estimate of drug-likeness (QED) is 0.150. The zero-order chi connectivity index (χ0) is 32.6. The highest BCUT2D eigenvalue weighted by molar-refractivity contribution is 6.08. The van der Waals surface area contributed by atoms with Crippen LogP contribution in [0.15, 0.2) is 79.5 Å². The third-order valence-electron chi connectivity index (χ3n) is 7.91. The van der Waals surface area contributed by atoms with Gasteiger partial charge in [-0.25, -0.2) is 4.98 Å². The van der Waals surface area contributed by atoms with Gasteiger partial charge in [0.25, 0.3) is 5.91 Å². The van der Waals surface area contributed by atoms with Crippen molar-refractivity contribution in [1.82, 2.24) is 14.9 Å². The molecular weight excluding hydrogens is 580 g/mol. The highest BCUT2D eigenvalue weighted by atomic mass is 16.5. The van der Waals surface area contributed by atoms with E-state index in [2.05, 4.69) is 68.7 Å². The number of hydrogen-bond acceptors (Lipinski definition) is 9. The van der Waals surface area contributed by atoms with Gasteiger partial charge in [0.1, 0.15) is 17.1 Å². The molecule has 2 heterocycles. The number of carbonyl (C=O) groups is 2. The van der Waals surface area contributed by atoms with Crippen molar-refractivity contribution >= 4 is 52.0 Å². The second kappa shape index (κ2) is 14.6. The predicted molar refractivity (Wildman–Crippen MR) is 185 cm³/mol. The van der Waals surface area contributed by atoms with Crippen molar-refractivity contribution in [1.29, 1.82) is 0 Å². The molecule has 1 saturated heterocycles. The lowest BCUT2D eigenvalue weighted by molar-refractivity contribution is -0.111. The van der Waals surface area contributed by atoms with Crippen LogP contribution in [0, 0.1) is 6.92 Å². The van der Waals surface area contributed by atoms with Crippen molar-refractivity contribution in [3.8, 4) is 5.75 Å². The summed E-state index contributed by atoms with van der Waals surface area (Å²) < 4.78 is 5.55. The van der Waals surface area contributed by atoms with Gasteiger partial charge in [-0.15, -0.1) is 0 Å². The van der Waals surface area contributed by atoms with Gasteiger partial charge in [-0.1, -0.05) is 31.7 Å². The minimum Gasteiger partial charge on any atom is -0.496 e. The molecule has 1 fully saturated rings. The van der Waals surface area contributed by atoms with Gasteiger partial charge in [0.15, 0.2) is 0 Å². The van der Waals surface area contributed by atoms with E-state index in [1.807, 2.05) is 37.3 Å². The average Bonchev–Trinajstić information content (AvgIpc) is 3.07. The predicted octanol–water partition coefficient (Wildman–Crippen LogP) is 5.97. The number of hydrogen-bond donors (Lipinski definition) is 4. The Morgan fingerprint density at radius 3 is 2.35 bits per heavy atom. The van der Waals surface area contributed by atoms with Crippen molar-refractivity contribution in [2.75, 3.05) is 66.5 Å². The Bertz CT molecular complexity index is 1720. The van der Waals surface area contributed by atoms with Crippen LogP contribution in [0.2, 0.25) is 0 Å². The molecular formula is C35H40N8O3. The average molecular weight is 621 g/mol. The zero-order valence-electron chi connectivity index (χ0n) is 26.7. The van der Waals surface area contributed by atoms with Gasteiger partial charge in [0.05, 0.1) is 18.5 Å². The smallest absolute Gasteiger partial charge is 0.261 e. The molecule has 0 spiro atoms. The molecule has 0 saturated carbocycles. The molecule has 46 heavy (non-hydrogen) atoms.